The van der Waals surface area contributed by atoms with Crippen LogP contribution in [0.25, 0.3) is 0 Å². The fourth-order valence-corrected chi connectivity index (χ4v) is 1.57. The molecule has 1 rings (SSSR count). The van der Waals surface area contributed by atoms with Crippen molar-refractivity contribution in [1.82, 2.24) is 5.32 Å². The standard InChI is InChI=1S/C13H18N2O5/c1-19-9-5-3-6-10(20-2)12(9)15-13(18)14-8-4-7-11(16)17/h3,5-6H,4,7-8H2,1-2H3,(H,16,17)(H2,14,15,18). The van der Waals surface area contributed by atoms with Crippen molar-refractivity contribution >= 4 is 17.7 Å². The van der Waals surface area contributed by atoms with Crippen molar-refractivity contribution in [2.24, 2.45) is 0 Å². The third-order valence-corrected chi connectivity index (χ3v) is 2.52. The lowest BCUT2D eigenvalue weighted by molar-refractivity contribution is -0.137. The number of carbonyl (C=O) groups is 2. The van der Waals surface area contributed by atoms with Crippen LogP contribution in [0, 0.1) is 0 Å². The summed E-state index contributed by atoms with van der Waals surface area (Å²) in [5.41, 5.74) is 0.424. The first-order valence-corrected chi connectivity index (χ1v) is 6.06. The number of hydrogen-bond acceptors (Lipinski definition) is 4. The molecule has 0 radical (unpaired) electrons. The highest BCUT2D eigenvalue weighted by atomic mass is 16.5. The van der Waals surface area contributed by atoms with E-state index in [0.29, 0.717) is 23.6 Å². The van der Waals surface area contributed by atoms with Crippen LogP contribution < -0.4 is 20.1 Å². The quantitative estimate of drug-likeness (QED) is 0.661. The van der Waals surface area contributed by atoms with Gasteiger partial charge in [0.15, 0.2) is 0 Å². The molecule has 0 heterocycles. The molecule has 110 valence electrons. The number of rotatable bonds is 7. The van der Waals surface area contributed by atoms with Crippen LogP contribution in [0.1, 0.15) is 12.8 Å². The van der Waals surface area contributed by atoms with Crippen LogP contribution in [-0.2, 0) is 4.79 Å². The van der Waals surface area contributed by atoms with Crippen molar-refractivity contribution in [3.05, 3.63) is 18.2 Å². The molecule has 0 spiro atoms. The number of aliphatic carboxylic acids is 1. The average molecular weight is 282 g/mol. The van der Waals surface area contributed by atoms with E-state index in [1.165, 1.54) is 14.2 Å². The zero-order chi connectivity index (χ0) is 15.0. The second-order valence-electron chi connectivity index (χ2n) is 3.92. The Morgan fingerprint density at radius 2 is 1.80 bits per heavy atom. The molecule has 0 fully saturated rings. The molecule has 0 saturated heterocycles. The molecular formula is C13H18N2O5. The van der Waals surface area contributed by atoms with Crippen LogP contribution in [0.4, 0.5) is 10.5 Å². The van der Waals surface area contributed by atoms with Gasteiger partial charge in [-0.1, -0.05) is 6.07 Å². The van der Waals surface area contributed by atoms with Gasteiger partial charge in [-0.2, -0.15) is 0 Å². The van der Waals surface area contributed by atoms with E-state index in [1.54, 1.807) is 18.2 Å². The molecule has 0 aliphatic heterocycles. The first kappa shape index (κ1) is 15.6. The highest BCUT2D eigenvalue weighted by Crippen LogP contribution is 2.33. The summed E-state index contributed by atoms with van der Waals surface area (Å²) < 4.78 is 10.3. The Labute approximate surface area is 116 Å². The maximum atomic E-state index is 11.7. The highest BCUT2D eigenvalue weighted by molar-refractivity contribution is 5.93. The molecule has 0 saturated carbocycles. The van der Waals surface area contributed by atoms with E-state index in [4.69, 9.17) is 14.6 Å². The van der Waals surface area contributed by atoms with Gasteiger partial charge >= 0.3 is 12.0 Å². The Hall–Kier alpha value is -2.44. The first-order chi connectivity index (χ1) is 9.58. The minimum Gasteiger partial charge on any atom is -0.494 e. The van der Waals surface area contributed by atoms with Crippen LogP contribution in [0.2, 0.25) is 0 Å². The predicted molar refractivity (Wildman–Crippen MR) is 73.4 cm³/mol. The third-order valence-electron chi connectivity index (χ3n) is 2.52. The van der Waals surface area contributed by atoms with E-state index in [1.807, 2.05) is 0 Å². The monoisotopic (exact) mass is 282 g/mol. The molecule has 3 N–H and O–H groups in total. The normalized spacial score (nSPS) is 9.70. The fraction of sp³-hybridized carbons (Fsp3) is 0.385. The van der Waals surface area contributed by atoms with E-state index >= 15 is 0 Å². The number of urea groups is 1. The van der Waals surface area contributed by atoms with Crippen molar-refractivity contribution in [3.63, 3.8) is 0 Å². The summed E-state index contributed by atoms with van der Waals surface area (Å²) in [4.78, 5) is 22.1. The van der Waals surface area contributed by atoms with E-state index in [-0.39, 0.29) is 13.0 Å². The Morgan fingerprint density at radius 3 is 2.30 bits per heavy atom. The molecule has 1 aromatic carbocycles. The summed E-state index contributed by atoms with van der Waals surface area (Å²) in [6.45, 7) is 0.273. The Bertz CT molecular complexity index is 454. The second kappa shape index (κ2) is 7.88. The van der Waals surface area contributed by atoms with E-state index in [2.05, 4.69) is 10.6 Å². The number of benzene rings is 1. The summed E-state index contributed by atoms with van der Waals surface area (Å²) >= 11 is 0. The maximum Gasteiger partial charge on any atom is 0.319 e. The minimum atomic E-state index is -0.890. The molecule has 0 unspecified atom stereocenters. The molecule has 1 aromatic rings. The van der Waals surface area contributed by atoms with Crippen molar-refractivity contribution in [3.8, 4) is 11.5 Å². The molecule has 0 aliphatic rings. The molecule has 0 aromatic heterocycles. The topological polar surface area (TPSA) is 96.9 Å². The zero-order valence-corrected chi connectivity index (χ0v) is 11.4. The third kappa shape index (κ3) is 4.68. The summed E-state index contributed by atoms with van der Waals surface area (Å²) in [6, 6.07) is 4.69. The first-order valence-electron chi connectivity index (χ1n) is 6.06. The van der Waals surface area contributed by atoms with Crippen LogP contribution in [0.5, 0.6) is 11.5 Å². The van der Waals surface area contributed by atoms with Gasteiger partial charge in [-0.25, -0.2) is 4.79 Å². The predicted octanol–water partition coefficient (Wildman–Crippen LogP) is 1.69. The lowest BCUT2D eigenvalue weighted by Gasteiger charge is -2.14. The average Bonchev–Trinajstić information content (AvgIpc) is 2.43. The highest BCUT2D eigenvalue weighted by Gasteiger charge is 2.12. The van der Waals surface area contributed by atoms with Gasteiger partial charge in [-0.15, -0.1) is 0 Å². The Kier molecular flexibility index (Phi) is 6.15. The summed E-state index contributed by atoms with van der Waals surface area (Å²) in [7, 11) is 2.98. The van der Waals surface area contributed by atoms with Crippen molar-refractivity contribution < 1.29 is 24.2 Å². The molecule has 7 nitrogen and oxygen atoms in total. The van der Waals surface area contributed by atoms with Gasteiger partial charge in [-0.3, -0.25) is 4.79 Å². The van der Waals surface area contributed by atoms with Crippen molar-refractivity contribution in [1.29, 1.82) is 0 Å². The number of anilines is 1. The fourth-order valence-electron chi connectivity index (χ4n) is 1.57. The number of amides is 2. The van der Waals surface area contributed by atoms with Crippen molar-refractivity contribution in [2.45, 2.75) is 12.8 Å². The van der Waals surface area contributed by atoms with Gasteiger partial charge in [0.25, 0.3) is 0 Å². The van der Waals surface area contributed by atoms with E-state index in [9.17, 15) is 9.59 Å². The summed E-state index contributed by atoms with van der Waals surface area (Å²) in [5.74, 6) is 0.0636. The Balaban J connectivity index is 2.59. The van der Waals surface area contributed by atoms with Crippen LogP contribution in [0.15, 0.2) is 18.2 Å². The molecule has 0 aliphatic carbocycles. The number of carboxylic acids is 1. The number of nitrogens with one attached hydrogen (secondary N) is 2. The Morgan fingerprint density at radius 1 is 1.20 bits per heavy atom. The van der Waals surface area contributed by atoms with Crippen LogP contribution in [-0.4, -0.2) is 37.9 Å². The van der Waals surface area contributed by atoms with Gasteiger partial charge < -0.3 is 25.2 Å². The molecule has 7 heteroatoms. The summed E-state index contributed by atoms with van der Waals surface area (Å²) in [5, 5.41) is 13.7. The number of carbonyl (C=O) groups excluding carboxylic acids is 1. The zero-order valence-electron chi connectivity index (χ0n) is 11.4. The van der Waals surface area contributed by atoms with Gasteiger partial charge in [0, 0.05) is 13.0 Å². The van der Waals surface area contributed by atoms with E-state index in [0.717, 1.165) is 0 Å². The number of para-hydroxylation sites is 1. The van der Waals surface area contributed by atoms with E-state index < -0.39 is 12.0 Å². The number of ether oxygens (including phenoxy) is 2. The number of hydrogen-bond donors (Lipinski definition) is 3. The molecule has 0 atom stereocenters. The number of methoxy groups -OCH3 is 2. The van der Waals surface area contributed by atoms with Gasteiger partial charge in [0.1, 0.15) is 17.2 Å². The molecule has 2 amide bonds. The minimum absolute atomic E-state index is 0.0122. The summed E-state index contributed by atoms with van der Waals surface area (Å²) in [6.07, 6.45) is 0.379. The molecule has 0 bridgehead atoms. The van der Waals surface area contributed by atoms with Gasteiger partial charge in [0.2, 0.25) is 0 Å². The largest absolute Gasteiger partial charge is 0.494 e. The van der Waals surface area contributed by atoms with Gasteiger partial charge in [-0.05, 0) is 18.6 Å². The molecule has 20 heavy (non-hydrogen) atoms. The smallest absolute Gasteiger partial charge is 0.319 e. The molecular weight excluding hydrogens is 264 g/mol. The van der Waals surface area contributed by atoms with Crippen LogP contribution in [0.3, 0.4) is 0 Å². The lowest BCUT2D eigenvalue weighted by Crippen LogP contribution is -2.30. The van der Waals surface area contributed by atoms with Gasteiger partial charge in [0.05, 0.1) is 14.2 Å². The van der Waals surface area contributed by atoms with Crippen LogP contribution >= 0.6 is 0 Å². The SMILES string of the molecule is COc1cccc(OC)c1NC(=O)NCCCC(=O)O. The van der Waals surface area contributed by atoms with Crippen molar-refractivity contribution in [2.75, 3.05) is 26.1 Å². The number of carboxylic acid groups (broad SMARTS) is 1. The second-order valence-corrected chi connectivity index (χ2v) is 3.92. The maximum absolute atomic E-state index is 11.7. The lowest BCUT2D eigenvalue weighted by atomic mass is 10.2.